The average molecular weight is 283 g/mol. The molecular formula is C19H25NO. The third-order valence-corrected chi connectivity index (χ3v) is 3.72. The van der Waals surface area contributed by atoms with Crippen LogP contribution in [0.25, 0.3) is 0 Å². The van der Waals surface area contributed by atoms with E-state index in [0.717, 1.165) is 13.1 Å². The van der Waals surface area contributed by atoms with Crippen LogP contribution < -0.4 is 0 Å². The van der Waals surface area contributed by atoms with Crippen LogP contribution >= 0.6 is 0 Å². The summed E-state index contributed by atoms with van der Waals surface area (Å²) < 4.78 is 0. The molecule has 0 fully saturated rings. The van der Waals surface area contributed by atoms with Crippen LogP contribution in [0.2, 0.25) is 0 Å². The van der Waals surface area contributed by atoms with Crippen molar-refractivity contribution in [3.8, 4) is 0 Å². The van der Waals surface area contributed by atoms with Crippen LogP contribution in [-0.2, 0) is 13.0 Å². The van der Waals surface area contributed by atoms with Gasteiger partial charge in [-0.1, -0.05) is 67.1 Å². The molecule has 0 saturated heterocycles. The molecule has 2 aromatic rings. The minimum atomic E-state index is -0.322. The zero-order chi connectivity index (χ0) is 15.1. The van der Waals surface area contributed by atoms with Gasteiger partial charge in [0.25, 0.3) is 0 Å². The van der Waals surface area contributed by atoms with E-state index in [-0.39, 0.29) is 6.10 Å². The Labute approximate surface area is 128 Å². The monoisotopic (exact) mass is 283 g/mol. The van der Waals surface area contributed by atoms with Crippen LogP contribution in [0.4, 0.5) is 0 Å². The molecule has 1 atom stereocenters. The Hall–Kier alpha value is -1.64. The first-order valence-corrected chi connectivity index (χ1v) is 7.67. The number of benzene rings is 2. The lowest BCUT2D eigenvalue weighted by Crippen LogP contribution is -2.33. The van der Waals surface area contributed by atoms with Gasteiger partial charge in [-0.05, 0) is 31.0 Å². The molecule has 0 bridgehead atoms. The van der Waals surface area contributed by atoms with Gasteiger partial charge in [0.05, 0.1) is 6.10 Å². The maximum absolute atomic E-state index is 10.3. The van der Waals surface area contributed by atoms with Crippen LogP contribution in [-0.4, -0.2) is 29.2 Å². The Kier molecular flexibility index (Phi) is 5.97. The van der Waals surface area contributed by atoms with E-state index in [1.807, 2.05) is 18.2 Å². The van der Waals surface area contributed by atoms with Gasteiger partial charge >= 0.3 is 0 Å². The standard InChI is InChI=1S/C19H25NO/c1-3-20(14-18-11-7-8-16(2)12-18)15-19(21)13-17-9-5-4-6-10-17/h4-12,19,21H,3,13-15H2,1-2H3. The summed E-state index contributed by atoms with van der Waals surface area (Å²) in [7, 11) is 0. The van der Waals surface area contributed by atoms with Crippen molar-refractivity contribution in [3.05, 3.63) is 71.3 Å². The molecule has 0 aliphatic heterocycles. The van der Waals surface area contributed by atoms with Gasteiger partial charge in [-0.2, -0.15) is 0 Å². The molecule has 0 spiro atoms. The molecule has 0 radical (unpaired) electrons. The Balaban J connectivity index is 1.89. The highest BCUT2D eigenvalue weighted by molar-refractivity contribution is 5.22. The second-order valence-corrected chi connectivity index (χ2v) is 5.66. The van der Waals surface area contributed by atoms with E-state index >= 15 is 0 Å². The molecule has 2 nitrogen and oxygen atoms in total. The highest BCUT2D eigenvalue weighted by atomic mass is 16.3. The molecule has 0 aromatic heterocycles. The first-order chi connectivity index (χ1) is 10.2. The van der Waals surface area contributed by atoms with Crippen molar-refractivity contribution < 1.29 is 5.11 Å². The zero-order valence-corrected chi connectivity index (χ0v) is 13.0. The van der Waals surface area contributed by atoms with Crippen molar-refractivity contribution in [3.63, 3.8) is 0 Å². The summed E-state index contributed by atoms with van der Waals surface area (Å²) in [5.41, 5.74) is 3.79. The maximum Gasteiger partial charge on any atom is 0.0707 e. The predicted molar refractivity (Wildman–Crippen MR) is 88.3 cm³/mol. The lowest BCUT2D eigenvalue weighted by molar-refractivity contribution is 0.112. The first-order valence-electron chi connectivity index (χ1n) is 7.67. The Morgan fingerprint density at radius 3 is 2.38 bits per heavy atom. The van der Waals surface area contributed by atoms with Crippen molar-refractivity contribution in [2.75, 3.05) is 13.1 Å². The van der Waals surface area contributed by atoms with E-state index in [2.05, 4.69) is 55.1 Å². The van der Waals surface area contributed by atoms with Gasteiger partial charge in [0, 0.05) is 13.1 Å². The van der Waals surface area contributed by atoms with Crippen molar-refractivity contribution >= 4 is 0 Å². The quantitative estimate of drug-likeness (QED) is 0.841. The van der Waals surface area contributed by atoms with Crippen molar-refractivity contribution in [2.45, 2.75) is 32.9 Å². The molecule has 1 unspecified atom stereocenters. The molecule has 1 N–H and O–H groups in total. The summed E-state index contributed by atoms with van der Waals surface area (Å²) in [6.07, 6.45) is 0.391. The van der Waals surface area contributed by atoms with E-state index in [4.69, 9.17) is 0 Å². The fourth-order valence-corrected chi connectivity index (χ4v) is 2.62. The second-order valence-electron chi connectivity index (χ2n) is 5.66. The van der Waals surface area contributed by atoms with Crippen molar-refractivity contribution in [2.24, 2.45) is 0 Å². The molecule has 112 valence electrons. The Morgan fingerprint density at radius 2 is 1.71 bits per heavy atom. The number of rotatable bonds is 7. The van der Waals surface area contributed by atoms with Gasteiger partial charge in [-0.15, -0.1) is 0 Å². The van der Waals surface area contributed by atoms with Gasteiger partial charge in [0.2, 0.25) is 0 Å². The number of hydrogen-bond acceptors (Lipinski definition) is 2. The third-order valence-electron chi connectivity index (χ3n) is 3.72. The molecule has 0 aliphatic rings. The smallest absolute Gasteiger partial charge is 0.0707 e. The van der Waals surface area contributed by atoms with Crippen LogP contribution in [0.5, 0.6) is 0 Å². The van der Waals surface area contributed by atoms with Crippen LogP contribution in [0.1, 0.15) is 23.6 Å². The fraction of sp³-hybridized carbons (Fsp3) is 0.368. The molecule has 0 amide bonds. The summed E-state index contributed by atoms with van der Waals surface area (Å²) in [4.78, 5) is 2.29. The second kappa shape index (κ2) is 7.96. The summed E-state index contributed by atoms with van der Waals surface area (Å²) >= 11 is 0. The third kappa shape index (κ3) is 5.33. The van der Waals surface area contributed by atoms with Gasteiger partial charge < -0.3 is 5.11 Å². The van der Waals surface area contributed by atoms with Crippen LogP contribution in [0.3, 0.4) is 0 Å². The molecule has 2 heteroatoms. The molecule has 0 heterocycles. The molecule has 2 aromatic carbocycles. The largest absolute Gasteiger partial charge is 0.391 e. The molecular weight excluding hydrogens is 258 g/mol. The lowest BCUT2D eigenvalue weighted by atomic mass is 10.1. The number of likely N-dealkylation sites (N-methyl/N-ethyl adjacent to an activating group) is 1. The van der Waals surface area contributed by atoms with E-state index in [0.29, 0.717) is 13.0 Å². The highest BCUT2D eigenvalue weighted by Gasteiger charge is 2.11. The minimum absolute atomic E-state index is 0.322. The number of hydrogen-bond donors (Lipinski definition) is 1. The summed E-state index contributed by atoms with van der Waals surface area (Å²) in [6.45, 7) is 6.80. The molecule has 0 saturated carbocycles. The number of aryl methyl sites for hydroxylation is 1. The summed E-state index contributed by atoms with van der Waals surface area (Å²) in [5.74, 6) is 0. The summed E-state index contributed by atoms with van der Waals surface area (Å²) in [6, 6.07) is 18.8. The van der Waals surface area contributed by atoms with Crippen molar-refractivity contribution in [1.29, 1.82) is 0 Å². The Bertz CT molecular complexity index is 538. The topological polar surface area (TPSA) is 23.5 Å². The van der Waals surface area contributed by atoms with Gasteiger partial charge in [-0.25, -0.2) is 0 Å². The minimum Gasteiger partial charge on any atom is -0.391 e. The number of aliphatic hydroxyl groups is 1. The van der Waals surface area contributed by atoms with E-state index < -0.39 is 0 Å². The van der Waals surface area contributed by atoms with E-state index in [1.165, 1.54) is 16.7 Å². The molecule has 2 rings (SSSR count). The molecule has 21 heavy (non-hydrogen) atoms. The van der Waals surface area contributed by atoms with Crippen molar-refractivity contribution in [1.82, 2.24) is 4.90 Å². The first kappa shape index (κ1) is 15.7. The Morgan fingerprint density at radius 1 is 1.00 bits per heavy atom. The number of nitrogens with zero attached hydrogens (tertiary/aromatic N) is 1. The summed E-state index contributed by atoms with van der Waals surface area (Å²) in [5, 5.41) is 10.3. The normalized spacial score (nSPS) is 12.6. The van der Waals surface area contributed by atoms with Gasteiger partial charge in [0.1, 0.15) is 0 Å². The van der Waals surface area contributed by atoms with E-state index in [9.17, 15) is 5.11 Å². The molecule has 0 aliphatic carbocycles. The van der Waals surface area contributed by atoms with Gasteiger partial charge in [-0.3, -0.25) is 4.90 Å². The number of aliphatic hydroxyl groups excluding tert-OH is 1. The zero-order valence-electron chi connectivity index (χ0n) is 13.0. The van der Waals surface area contributed by atoms with Crippen LogP contribution in [0.15, 0.2) is 54.6 Å². The SMILES string of the molecule is CCN(Cc1cccc(C)c1)CC(O)Cc1ccccc1. The predicted octanol–water partition coefficient (Wildman–Crippen LogP) is 3.42. The average Bonchev–Trinajstić information content (AvgIpc) is 2.47. The van der Waals surface area contributed by atoms with Crippen LogP contribution in [0, 0.1) is 6.92 Å². The highest BCUT2D eigenvalue weighted by Crippen LogP contribution is 2.10. The van der Waals surface area contributed by atoms with Gasteiger partial charge in [0.15, 0.2) is 0 Å². The fourth-order valence-electron chi connectivity index (χ4n) is 2.62. The lowest BCUT2D eigenvalue weighted by Gasteiger charge is -2.24. The van der Waals surface area contributed by atoms with E-state index in [1.54, 1.807) is 0 Å². The maximum atomic E-state index is 10.3.